The fraction of sp³-hybridized carbons (Fsp3) is 0.308. The topological polar surface area (TPSA) is 105 Å². The molecule has 2 saturated heterocycles. The number of anilines is 4. The van der Waals surface area contributed by atoms with Crippen LogP contribution in [0.15, 0.2) is 53.5 Å². The van der Waals surface area contributed by atoms with Crippen LogP contribution in [0.3, 0.4) is 0 Å². The first-order valence-corrected chi connectivity index (χ1v) is 12.9. The lowest BCUT2D eigenvalue weighted by Gasteiger charge is -2.53. The summed E-state index contributed by atoms with van der Waals surface area (Å²) in [6, 6.07) is 13.2. The minimum Gasteiger partial charge on any atom is -0.384 e. The van der Waals surface area contributed by atoms with Gasteiger partial charge in [0, 0.05) is 43.8 Å². The average molecular weight is 537 g/mol. The van der Waals surface area contributed by atoms with Crippen molar-refractivity contribution in [3.05, 3.63) is 69.2 Å². The van der Waals surface area contributed by atoms with Crippen LogP contribution in [0.1, 0.15) is 12.8 Å². The van der Waals surface area contributed by atoms with E-state index in [1.807, 2.05) is 12.1 Å². The first-order valence-electron chi connectivity index (χ1n) is 12.1. The molecule has 190 valence electrons. The van der Waals surface area contributed by atoms with E-state index in [9.17, 15) is 4.79 Å². The van der Waals surface area contributed by atoms with Crippen molar-refractivity contribution in [2.45, 2.75) is 12.8 Å². The summed E-state index contributed by atoms with van der Waals surface area (Å²) in [6.45, 7) is 4.60. The minimum atomic E-state index is -0.633. The lowest BCUT2D eigenvalue weighted by Crippen LogP contribution is -2.58. The minimum absolute atomic E-state index is 0.109. The molecule has 2 aromatic carbocycles. The van der Waals surface area contributed by atoms with Gasteiger partial charge in [-0.05, 0) is 61.7 Å². The summed E-state index contributed by atoms with van der Waals surface area (Å²) >= 11 is 12.6. The molecule has 37 heavy (non-hydrogen) atoms. The number of nitrogens with two attached hydrogens (primary N) is 1. The molecule has 0 radical (unpaired) electrons. The van der Waals surface area contributed by atoms with Crippen LogP contribution < -0.4 is 21.6 Å². The van der Waals surface area contributed by atoms with Crippen molar-refractivity contribution in [3.63, 3.8) is 0 Å². The van der Waals surface area contributed by atoms with Gasteiger partial charge < -0.3 is 20.9 Å². The zero-order valence-corrected chi connectivity index (χ0v) is 21.8. The molecule has 2 aromatic heterocycles. The van der Waals surface area contributed by atoms with E-state index in [0.29, 0.717) is 16.7 Å². The number of likely N-dealkylation sites (tertiary alicyclic amines) is 1. The highest BCUT2D eigenvalue weighted by Crippen LogP contribution is 2.40. The molecular weight excluding hydrogens is 511 g/mol. The lowest BCUT2D eigenvalue weighted by atomic mass is 9.72. The second kappa shape index (κ2) is 9.16. The third-order valence-corrected chi connectivity index (χ3v) is 7.97. The molecule has 4 aromatic rings. The molecule has 3 N–H and O–H groups in total. The number of aromatic nitrogens is 4. The molecule has 0 bridgehead atoms. The van der Waals surface area contributed by atoms with Gasteiger partial charge in [0.05, 0.1) is 21.1 Å². The van der Waals surface area contributed by atoms with E-state index in [-0.39, 0.29) is 27.2 Å². The molecule has 9 nitrogen and oxygen atoms in total. The summed E-state index contributed by atoms with van der Waals surface area (Å²) in [7, 11) is 2.19. The summed E-state index contributed by atoms with van der Waals surface area (Å²) in [4.78, 5) is 30.6. The lowest BCUT2D eigenvalue weighted by molar-refractivity contribution is 0.00132. The van der Waals surface area contributed by atoms with Crippen molar-refractivity contribution in [1.82, 2.24) is 24.4 Å². The van der Waals surface area contributed by atoms with Crippen molar-refractivity contribution < 1.29 is 0 Å². The predicted molar refractivity (Wildman–Crippen MR) is 148 cm³/mol. The molecular formula is C26H26Cl2N8O. The Balaban J connectivity index is 1.21. The summed E-state index contributed by atoms with van der Waals surface area (Å²) < 4.78 is 1.17. The fourth-order valence-electron chi connectivity index (χ4n) is 5.52. The number of para-hydroxylation sites is 1. The number of hydrogen-bond acceptors (Lipinski definition) is 8. The molecule has 4 heterocycles. The van der Waals surface area contributed by atoms with Gasteiger partial charge in [0.1, 0.15) is 5.82 Å². The maximum atomic E-state index is 12.9. The van der Waals surface area contributed by atoms with Crippen LogP contribution in [0.2, 0.25) is 10.0 Å². The number of hydrogen-bond donors (Lipinski definition) is 2. The van der Waals surface area contributed by atoms with E-state index in [1.54, 1.807) is 18.2 Å². The smallest absolute Gasteiger partial charge is 0.355 e. The van der Waals surface area contributed by atoms with Crippen LogP contribution in [-0.4, -0.2) is 57.6 Å². The standard InChI is InChI=1S/C26H26Cl2N8O/c1-34-14-26(15-34)9-11-35(12-10-26)17-7-5-16(6-8-17)31-24-30-13-18-22(29)36(25(37)33-23(18)32-24)21-19(27)3-2-4-20(21)28/h2-8,13H,9-12,14-15,29H2,1H3,(H,31,32,33,37). The summed E-state index contributed by atoms with van der Waals surface area (Å²) in [5.74, 6) is 0.423. The van der Waals surface area contributed by atoms with Gasteiger partial charge in [-0.15, -0.1) is 0 Å². The quantitative estimate of drug-likeness (QED) is 0.396. The molecule has 0 amide bonds. The van der Waals surface area contributed by atoms with Gasteiger partial charge in [-0.25, -0.2) is 14.3 Å². The first kappa shape index (κ1) is 24.0. The molecule has 0 saturated carbocycles. The van der Waals surface area contributed by atoms with Gasteiger partial charge in [-0.1, -0.05) is 29.3 Å². The number of nitrogens with zero attached hydrogens (tertiary/aromatic N) is 6. The van der Waals surface area contributed by atoms with Gasteiger partial charge in [0.25, 0.3) is 0 Å². The van der Waals surface area contributed by atoms with Crippen LogP contribution in [0.4, 0.5) is 23.1 Å². The third-order valence-electron chi connectivity index (χ3n) is 7.36. The second-order valence-electron chi connectivity index (χ2n) is 9.95. The van der Waals surface area contributed by atoms with Crippen molar-refractivity contribution in [2.75, 3.05) is 49.2 Å². The largest absolute Gasteiger partial charge is 0.384 e. The molecule has 0 atom stereocenters. The number of fused-ring (bicyclic) bond motifs is 1. The molecule has 0 aliphatic carbocycles. The van der Waals surface area contributed by atoms with Gasteiger partial charge in [0.15, 0.2) is 5.65 Å². The Morgan fingerprint density at radius 2 is 1.68 bits per heavy atom. The number of benzene rings is 2. The van der Waals surface area contributed by atoms with Gasteiger partial charge >= 0.3 is 5.69 Å². The first-order chi connectivity index (χ1) is 17.8. The molecule has 0 unspecified atom stereocenters. The van der Waals surface area contributed by atoms with E-state index in [1.165, 1.54) is 42.4 Å². The van der Waals surface area contributed by atoms with Crippen LogP contribution in [0.25, 0.3) is 16.7 Å². The molecule has 11 heteroatoms. The Kier molecular flexibility index (Phi) is 5.94. The number of nitrogens with one attached hydrogen (secondary N) is 1. The second-order valence-corrected chi connectivity index (χ2v) is 10.8. The maximum Gasteiger partial charge on any atom is 0.355 e. The Bertz CT molecular complexity index is 1520. The van der Waals surface area contributed by atoms with Gasteiger partial charge in [0.2, 0.25) is 5.95 Å². The zero-order valence-electron chi connectivity index (χ0n) is 20.3. The number of piperidine rings is 1. The van der Waals surface area contributed by atoms with E-state index in [2.05, 4.69) is 49.2 Å². The van der Waals surface area contributed by atoms with Crippen LogP contribution >= 0.6 is 23.2 Å². The molecule has 2 aliphatic rings. The molecule has 6 rings (SSSR count). The number of nitrogen functional groups attached to an aromatic ring is 1. The van der Waals surface area contributed by atoms with Crippen molar-refractivity contribution in [2.24, 2.45) is 5.41 Å². The summed E-state index contributed by atoms with van der Waals surface area (Å²) in [5, 5.41) is 4.17. The van der Waals surface area contributed by atoms with Crippen LogP contribution in [0, 0.1) is 5.41 Å². The summed E-state index contributed by atoms with van der Waals surface area (Å²) in [6.07, 6.45) is 4.01. The molecule has 2 aliphatic heterocycles. The monoisotopic (exact) mass is 536 g/mol. The third kappa shape index (κ3) is 4.37. The Hall–Kier alpha value is -3.40. The molecule has 2 fully saturated rings. The van der Waals surface area contributed by atoms with E-state index < -0.39 is 5.69 Å². The fourth-order valence-corrected chi connectivity index (χ4v) is 6.09. The van der Waals surface area contributed by atoms with Crippen molar-refractivity contribution >= 4 is 57.4 Å². The highest BCUT2D eigenvalue weighted by Gasteiger charge is 2.43. The van der Waals surface area contributed by atoms with E-state index in [4.69, 9.17) is 28.9 Å². The summed E-state index contributed by atoms with van der Waals surface area (Å²) in [5.41, 5.74) is 8.71. The highest BCUT2D eigenvalue weighted by atomic mass is 35.5. The van der Waals surface area contributed by atoms with Crippen molar-refractivity contribution in [1.29, 1.82) is 0 Å². The van der Waals surface area contributed by atoms with Crippen molar-refractivity contribution in [3.8, 4) is 5.69 Å². The highest BCUT2D eigenvalue weighted by molar-refractivity contribution is 6.37. The van der Waals surface area contributed by atoms with Crippen LogP contribution in [0.5, 0.6) is 0 Å². The Morgan fingerprint density at radius 3 is 2.32 bits per heavy atom. The zero-order chi connectivity index (χ0) is 25.7. The Labute approximate surface area is 223 Å². The SMILES string of the molecule is CN1CC2(CCN(c3ccc(Nc4ncc5c(N)n(-c6c(Cl)cccc6Cl)c(=O)nc5n4)cc3)CC2)C1. The average Bonchev–Trinajstić information content (AvgIpc) is 2.86. The normalized spacial score (nSPS) is 17.2. The van der Waals surface area contributed by atoms with Gasteiger partial charge in [-0.2, -0.15) is 9.97 Å². The van der Waals surface area contributed by atoms with E-state index in [0.717, 1.165) is 18.8 Å². The van der Waals surface area contributed by atoms with Crippen LogP contribution in [-0.2, 0) is 0 Å². The maximum absolute atomic E-state index is 12.9. The number of halogens is 2. The number of rotatable bonds is 4. The Morgan fingerprint density at radius 1 is 1.00 bits per heavy atom. The predicted octanol–water partition coefficient (Wildman–Crippen LogP) is 4.34. The van der Waals surface area contributed by atoms with E-state index >= 15 is 0 Å². The molecule has 1 spiro atoms. The van der Waals surface area contributed by atoms with Gasteiger partial charge in [-0.3, -0.25) is 0 Å².